The van der Waals surface area contributed by atoms with Crippen LogP contribution in [0.25, 0.3) is 0 Å². The third kappa shape index (κ3) is 7.81. The smallest absolute Gasteiger partial charge is 0.314 e. The first-order valence-corrected chi connectivity index (χ1v) is 10.2. The van der Waals surface area contributed by atoms with Crippen molar-refractivity contribution in [1.82, 2.24) is 20.5 Å². The third-order valence-corrected chi connectivity index (χ3v) is 5.32. The molecule has 154 valence electrons. The molecule has 0 radical (unpaired) electrons. The van der Waals surface area contributed by atoms with Gasteiger partial charge in [-0.25, -0.2) is 9.78 Å². The molecule has 1 aromatic heterocycles. The number of carbonyl (C=O) groups is 1. The van der Waals surface area contributed by atoms with Gasteiger partial charge in [-0.1, -0.05) is 20.8 Å². The summed E-state index contributed by atoms with van der Waals surface area (Å²) in [4.78, 5) is 22.3. The van der Waals surface area contributed by atoms with Crippen LogP contribution < -0.4 is 16.4 Å². The summed E-state index contributed by atoms with van der Waals surface area (Å²) in [5.41, 5.74) is 6.57. The van der Waals surface area contributed by atoms with Gasteiger partial charge in [-0.3, -0.25) is 4.99 Å². The average molecular weight is 508 g/mol. The third-order valence-electron chi connectivity index (χ3n) is 4.41. The van der Waals surface area contributed by atoms with Gasteiger partial charge < -0.3 is 21.3 Å². The van der Waals surface area contributed by atoms with Crippen LogP contribution in [0, 0.1) is 0 Å². The molecule has 0 spiro atoms. The van der Waals surface area contributed by atoms with Crippen LogP contribution in [0.4, 0.5) is 4.79 Å². The molecule has 0 atom stereocenters. The van der Waals surface area contributed by atoms with Crippen molar-refractivity contribution in [2.45, 2.75) is 58.4 Å². The van der Waals surface area contributed by atoms with Crippen LogP contribution in [-0.2, 0) is 11.8 Å². The fourth-order valence-electron chi connectivity index (χ4n) is 2.79. The van der Waals surface area contributed by atoms with Crippen molar-refractivity contribution < 1.29 is 4.79 Å². The molecular formula is C18H33IN6OS. The number of hydrogen-bond donors (Lipinski definition) is 3. The minimum atomic E-state index is -0.331. The number of guanidine groups is 1. The van der Waals surface area contributed by atoms with E-state index in [1.165, 1.54) is 0 Å². The van der Waals surface area contributed by atoms with Crippen molar-refractivity contribution >= 4 is 47.3 Å². The van der Waals surface area contributed by atoms with Gasteiger partial charge >= 0.3 is 6.03 Å². The average Bonchev–Trinajstić information content (AvgIpc) is 3.05. The van der Waals surface area contributed by atoms with Crippen LogP contribution in [0.15, 0.2) is 10.4 Å². The quantitative estimate of drug-likeness (QED) is 0.324. The van der Waals surface area contributed by atoms with Crippen molar-refractivity contribution in [2.75, 3.05) is 26.2 Å². The molecule has 0 aliphatic carbocycles. The molecule has 0 bridgehead atoms. The largest absolute Gasteiger partial charge is 0.357 e. The molecule has 1 fully saturated rings. The van der Waals surface area contributed by atoms with E-state index in [-0.39, 0.29) is 35.4 Å². The SMILES string of the molecule is CCNC(=NCCc1nc(C(C)(C)C)cs1)NC1CCN(C(N)=O)CC1.I. The molecule has 1 aromatic rings. The summed E-state index contributed by atoms with van der Waals surface area (Å²) in [5.74, 6) is 0.831. The number of aromatic nitrogens is 1. The van der Waals surface area contributed by atoms with Gasteiger partial charge in [-0.2, -0.15) is 0 Å². The highest BCUT2D eigenvalue weighted by molar-refractivity contribution is 14.0. The molecule has 0 saturated carbocycles. The number of piperidine rings is 1. The Morgan fingerprint density at radius 3 is 2.59 bits per heavy atom. The number of nitrogens with one attached hydrogen (secondary N) is 2. The van der Waals surface area contributed by atoms with E-state index >= 15 is 0 Å². The number of amides is 2. The first kappa shape index (κ1) is 23.9. The van der Waals surface area contributed by atoms with Crippen LogP contribution in [0.5, 0.6) is 0 Å². The van der Waals surface area contributed by atoms with E-state index in [1.807, 2.05) is 0 Å². The number of nitrogens with zero attached hydrogens (tertiary/aromatic N) is 3. The molecule has 2 rings (SSSR count). The Bertz CT molecular complexity index is 620. The van der Waals surface area contributed by atoms with Gasteiger partial charge in [0.05, 0.1) is 10.7 Å². The van der Waals surface area contributed by atoms with Crippen LogP contribution in [0.2, 0.25) is 0 Å². The summed E-state index contributed by atoms with van der Waals surface area (Å²) in [7, 11) is 0. The monoisotopic (exact) mass is 508 g/mol. The van der Waals surface area contributed by atoms with E-state index in [0.29, 0.717) is 25.7 Å². The highest BCUT2D eigenvalue weighted by Crippen LogP contribution is 2.24. The minimum absolute atomic E-state index is 0. The number of urea groups is 1. The number of nitrogens with two attached hydrogens (primary N) is 1. The molecule has 1 saturated heterocycles. The second-order valence-corrected chi connectivity index (χ2v) is 8.57. The fraction of sp³-hybridized carbons (Fsp3) is 0.722. The number of halogens is 1. The standard InChI is InChI=1S/C18H32N6OS.HI/c1-5-20-17(22-13-7-10-24(11-8-13)16(19)25)21-9-6-15-23-14(12-26-15)18(2,3)4;/h12-13H,5-11H2,1-4H3,(H2,19,25)(H2,20,21,22);1H. The Hall–Kier alpha value is -1.10. The highest BCUT2D eigenvalue weighted by Gasteiger charge is 2.22. The summed E-state index contributed by atoms with van der Waals surface area (Å²) in [6.07, 6.45) is 2.61. The first-order chi connectivity index (χ1) is 12.3. The second kappa shape index (κ2) is 11.0. The molecule has 0 unspecified atom stereocenters. The Morgan fingerprint density at radius 1 is 1.41 bits per heavy atom. The van der Waals surface area contributed by atoms with Crippen LogP contribution in [0.3, 0.4) is 0 Å². The number of thiazole rings is 1. The van der Waals surface area contributed by atoms with E-state index in [9.17, 15) is 4.79 Å². The lowest BCUT2D eigenvalue weighted by Crippen LogP contribution is -2.50. The van der Waals surface area contributed by atoms with E-state index in [0.717, 1.165) is 42.5 Å². The topological polar surface area (TPSA) is 95.6 Å². The normalized spacial score (nSPS) is 16.0. The predicted molar refractivity (Wildman–Crippen MR) is 123 cm³/mol. The Labute approximate surface area is 183 Å². The maximum absolute atomic E-state index is 11.2. The maximum Gasteiger partial charge on any atom is 0.314 e. The van der Waals surface area contributed by atoms with E-state index in [1.54, 1.807) is 16.2 Å². The number of rotatable bonds is 5. The molecule has 4 N–H and O–H groups in total. The van der Waals surface area contributed by atoms with Crippen molar-refractivity contribution in [3.8, 4) is 0 Å². The summed E-state index contributed by atoms with van der Waals surface area (Å²) in [6, 6.07) is -0.0159. The van der Waals surface area contributed by atoms with E-state index in [4.69, 9.17) is 10.7 Å². The molecule has 2 heterocycles. The molecular weight excluding hydrogens is 475 g/mol. The Kier molecular flexibility index (Phi) is 9.78. The van der Waals surface area contributed by atoms with Crippen molar-refractivity contribution in [1.29, 1.82) is 0 Å². The Balaban J connectivity index is 0.00000364. The molecule has 27 heavy (non-hydrogen) atoms. The maximum atomic E-state index is 11.2. The van der Waals surface area contributed by atoms with Crippen LogP contribution >= 0.6 is 35.3 Å². The van der Waals surface area contributed by atoms with Gasteiger partial charge in [-0.15, -0.1) is 35.3 Å². The lowest BCUT2D eigenvalue weighted by molar-refractivity contribution is 0.188. The molecule has 2 amide bonds. The number of aliphatic imine (C=N–C) groups is 1. The minimum Gasteiger partial charge on any atom is -0.357 e. The van der Waals surface area contributed by atoms with Gasteiger partial charge in [0.2, 0.25) is 0 Å². The summed E-state index contributed by atoms with van der Waals surface area (Å²) in [5, 5.41) is 10.0. The molecule has 1 aliphatic rings. The van der Waals surface area contributed by atoms with E-state index in [2.05, 4.69) is 48.7 Å². The van der Waals surface area contributed by atoms with Gasteiger partial charge in [0.1, 0.15) is 0 Å². The van der Waals surface area contributed by atoms with Gasteiger partial charge in [0, 0.05) is 49.4 Å². The zero-order valence-corrected chi connectivity index (χ0v) is 19.9. The van der Waals surface area contributed by atoms with Crippen molar-refractivity contribution in [3.05, 3.63) is 16.1 Å². The Morgan fingerprint density at radius 2 is 2.07 bits per heavy atom. The molecule has 9 heteroatoms. The summed E-state index contributed by atoms with van der Waals surface area (Å²) in [6.45, 7) is 11.5. The fourth-order valence-corrected chi connectivity index (χ4v) is 3.81. The van der Waals surface area contributed by atoms with Gasteiger partial charge in [-0.05, 0) is 19.8 Å². The number of primary amides is 1. The second-order valence-electron chi connectivity index (χ2n) is 7.63. The zero-order chi connectivity index (χ0) is 19.2. The van der Waals surface area contributed by atoms with Crippen molar-refractivity contribution in [2.24, 2.45) is 10.7 Å². The first-order valence-electron chi connectivity index (χ1n) is 9.33. The molecule has 0 aromatic carbocycles. The van der Waals surface area contributed by atoms with Crippen molar-refractivity contribution in [3.63, 3.8) is 0 Å². The summed E-state index contributed by atoms with van der Waals surface area (Å²) < 4.78 is 0. The molecule has 7 nitrogen and oxygen atoms in total. The van der Waals surface area contributed by atoms with Crippen LogP contribution in [0.1, 0.15) is 51.2 Å². The van der Waals surface area contributed by atoms with Gasteiger partial charge in [0.25, 0.3) is 0 Å². The predicted octanol–water partition coefficient (Wildman–Crippen LogP) is 2.70. The highest BCUT2D eigenvalue weighted by atomic mass is 127. The van der Waals surface area contributed by atoms with Gasteiger partial charge in [0.15, 0.2) is 5.96 Å². The number of hydrogen-bond acceptors (Lipinski definition) is 4. The molecule has 1 aliphatic heterocycles. The summed E-state index contributed by atoms with van der Waals surface area (Å²) >= 11 is 1.71. The van der Waals surface area contributed by atoms with E-state index < -0.39 is 0 Å². The number of carbonyl (C=O) groups excluding carboxylic acids is 1. The zero-order valence-electron chi connectivity index (χ0n) is 16.7. The van der Waals surface area contributed by atoms with Crippen LogP contribution in [-0.4, -0.2) is 54.1 Å². The lowest BCUT2D eigenvalue weighted by atomic mass is 9.93. The lowest BCUT2D eigenvalue weighted by Gasteiger charge is -2.32. The number of likely N-dealkylation sites (tertiary alicyclic amines) is 1.